The Balaban J connectivity index is 2.62. The third kappa shape index (κ3) is 3.82. The molecule has 3 N–H and O–H groups in total. The van der Waals surface area contributed by atoms with Gasteiger partial charge in [0, 0.05) is 13.3 Å². The lowest BCUT2D eigenvalue weighted by Crippen LogP contribution is -2.39. The molecule has 0 bridgehead atoms. The molecular weight excluding hydrogens is 216 g/mol. The fourth-order valence-corrected chi connectivity index (χ4v) is 1.82. The third-order valence-electron chi connectivity index (χ3n) is 1.57. The Hall–Kier alpha value is -1.18. The maximum Gasteiger partial charge on any atom is 0.249 e. The molecule has 1 heterocycles. The van der Waals surface area contributed by atoms with Crippen molar-refractivity contribution < 1.29 is 9.53 Å². The number of thioether (sulfide) groups is 1. The molecule has 0 spiro atoms. The summed E-state index contributed by atoms with van der Waals surface area (Å²) in [7, 11) is 1.53. The van der Waals surface area contributed by atoms with Crippen LogP contribution in [0.15, 0.2) is 23.6 Å². The van der Waals surface area contributed by atoms with Gasteiger partial charge in [0.15, 0.2) is 0 Å². The average molecular weight is 228 g/mol. The van der Waals surface area contributed by atoms with Gasteiger partial charge in [0.25, 0.3) is 0 Å². The molecule has 1 rings (SSSR count). The molecule has 0 fully saturated rings. The fraction of sp³-hybridized carbons (Fsp3) is 0.375. The Morgan fingerprint density at radius 3 is 3.13 bits per heavy atom. The number of rotatable bonds is 5. The van der Waals surface area contributed by atoms with Crippen LogP contribution >= 0.6 is 11.8 Å². The molecule has 15 heavy (non-hydrogen) atoms. The molecule has 0 aromatic carbocycles. The molecule has 0 aliphatic heterocycles. The van der Waals surface area contributed by atoms with Gasteiger partial charge in [-0.25, -0.2) is 15.8 Å². The predicted octanol–water partition coefficient (Wildman–Crippen LogP) is -0.426. The van der Waals surface area contributed by atoms with E-state index in [1.165, 1.54) is 25.2 Å². The van der Waals surface area contributed by atoms with E-state index in [-0.39, 0.29) is 12.5 Å². The molecular formula is C8H12N4O2S. The zero-order chi connectivity index (χ0) is 11.1. The Morgan fingerprint density at radius 1 is 1.80 bits per heavy atom. The maximum absolute atomic E-state index is 11.3. The van der Waals surface area contributed by atoms with E-state index in [1.807, 2.05) is 0 Å². The van der Waals surface area contributed by atoms with E-state index in [0.717, 1.165) is 0 Å². The molecule has 1 amide bonds. The van der Waals surface area contributed by atoms with Crippen molar-refractivity contribution >= 4 is 17.7 Å². The average Bonchev–Trinajstić information content (AvgIpc) is 2.29. The molecule has 6 nitrogen and oxygen atoms in total. The van der Waals surface area contributed by atoms with E-state index in [2.05, 4.69) is 15.4 Å². The first kappa shape index (κ1) is 11.9. The molecule has 1 unspecified atom stereocenters. The number of methoxy groups -OCH3 is 1. The minimum atomic E-state index is -0.408. The second-order valence-electron chi connectivity index (χ2n) is 2.62. The first-order chi connectivity index (χ1) is 7.27. The van der Waals surface area contributed by atoms with Crippen LogP contribution in [0, 0.1) is 0 Å². The van der Waals surface area contributed by atoms with Crippen molar-refractivity contribution in [3.63, 3.8) is 0 Å². The van der Waals surface area contributed by atoms with Crippen molar-refractivity contribution in [3.05, 3.63) is 18.6 Å². The van der Waals surface area contributed by atoms with Gasteiger partial charge >= 0.3 is 0 Å². The van der Waals surface area contributed by atoms with Crippen LogP contribution in [0.4, 0.5) is 0 Å². The van der Waals surface area contributed by atoms with Crippen LogP contribution in [0.1, 0.15) is 0 Å². The fourth-order valence-electron chi connectivity index (χ4n) is 0.902. The lowest BCUT2D eigenvalue weighted by Gasteiger charge is -2.12. The van der Waals surface area contributed by atoms with E-state index in [0.29, 0.717) is 5.03 Å². The number of hydrazine groups is 1. The van der Waals surface area contributed by atoms with Crippen molar-refractivity contribution in [2.75, 3.05) is 13.7 Å². The highest BCUT2D eigenvalue weighted by Crippen LogP contribution is 2.20. The van der Waals surface area contributed by atoms with Crippen LogP contribution < -0.4 is 11.3 Å². The molecule has 1 aromatic rings. The predicted molar refractivity (Wildman–Crippen MR) is 55.9 cm³/mol. The Morgan fingerprint density at radius 2 is 2.60 bits per heavy atom. The molecule has 0 saturated carbocycles. The molecule has 1 atom stereocenters. The number of aromatic nitrogens is 2. The van der Waals surface area contributed by atoms with Crippen LogP contribution in [-0.4, -0.2) is 34.8 Å². The third-order valence-corrected chi connectivity index (χ3v) is 2.69. The smallest absolute Gasteiger partial charge is 0.249 e. The van der Waals surface area contributed by atoms with Crippen LogP contribution in [0.5, 0.6) is 0 Å². The van der Waals surface area contributed by atoms with E-state index in [9.17, 15) is 4.79 Å². The highest BCUT2D eigenvalue weighted by Gasteiger charge is 2.19. The topological polar surface area (TPSA) is 90.1 Å². The summed E-state index contributed by atoms with van der Waals surface area (Å²) in [6.07, 6.45) is 3.03. The van der Waals surface area contributed by atoms with Gasteiger partial charge in [-0.1, -0.05) is 11.8 Å². The maximum atomic E-state index is 11.3. The molecule has 82 valence electrons. The number of carbonyl (C=O) groups excluding carboxylic acids is 1. The highest BCUT2D eigenvalue weighted by atomic mass is 32.2. The van der Waals surface area contributed by atoms with Crippen LogP contribution in [0.3, 0.4) is 0 Å². The summed E-state index contributed by atoms with van der Waals surface area (Å²) in [6, 6.07) is 1.72. The first-order valence-electron chi connectivity index (χ1n) is 4.20. The largest absolute Gasteiger partial charge is 0.383 e. The molecule has 0 aliphatic rings. The Kier molecular flexibility index (Phi) is 5.02. The summed E-state index contributed by atoms with van der Waals surface area (Å²) in [4.78, 5) is 19.1. The van der Waals surface area contributed by atoms with Crippen molar-refractivity contribution in [3.8, 4) is 0 Å². The zero-order valence-electron chi connectivity index (χ0n) is 8.21. The molecule has 7 heteroatoms. The first-order valence-corrected chi connectivity index (χ1v) is 5.08. The van der Waals surface area contributed by atoms with Crippen molar-refractivity contribution in [1.82, 2.24) is 15.4 Å². The van der Waals surface area contributed by atoms with Gasteiger partial charge in [0.2, 0.25) is 5.91 Å². The molecule has 0 aliphatic carbocycles. The SMILES string of the molecule is COCC(Sc1ccncn1)C(=O)NN. The van der Waals surface area contributed by atoms with Gasteiger partial charge in [0.05, 0.1) is 6.61 Å². The molecule has 1 aromatic heterocycles. The summed E-state index contributed by atoms with van der Waals surface area (Å²) in [5.74, 6) is 4.76. The zero-order valence-corrected chi connectivity index (χ0v) is 9.03. The van der Waals surface area contributed by atoms with E-state index >= 15 is 0 Å². The number of amides is 1. The highest BCUT2D eigenvalue weighted by molar-refractivity contribution is 8.00. The van der Waals surface area contributed by atoms with Gasteiger partial charge in [-0.2, -0.15) is 0 Å². The lowest BCUT2D eigenvalue weighted by atomic mass is 10.4. The normalized spacial score (nSPS) is 12.1. The Bertz CT molecular complexity index is 309. The van der Waals surface area contributed by atoms with Gasteiger partial charge in [-0.15, -0.1) is 0 Å². The van der Waals surface area contributed by atoms with Gasteiger partial charge in [0.1, 0.15) is 16.6 Å². The van der Waals surface area contributed by atoms with Crippen LogP contribution in [0.2, 0.25) is 0 Å². The summed E-state index contributed by atoms with van der Waals surface area (Å²) >= 11 is 1.28. The second kappa shape index (κ2) is 6.33. The number of ether oxygens (including phenoxy) is 1. The van der Waals surface area contributed by atoms with E-state index in [4.69, 9.17) is 10.6 Å². The van der Waals surface area contributed by atoms with Crippen LogP contribution in [-0.2, 0) is 9.53 Å². The Labute approximate surface area is 91.6 Å². The lowest BCUT2D eigenvalue weighted by molar-refractivity contribution is -0.121. The monoisotopic (exact) mass is 228 g/mol. The van der Waals surface area contributed by atoms with Crippen molar-refractivity contribution in [2.45, 2.75) is 10.3 Å². The molecule has 0 radical (unpaired) electrons. The van der Waals surface area contributed by atoms with Crippen LogP contribution in [0.25, 0.3) is 0 Å². The number of nitrogens with one attached hydrogen (secondary N) is 1. The number of nitrogens with zero attached hydrogens (tertiary/aromatic N) is 2. The van der Waals surface area contributed by atoms with Crippen molar-refractivity contribution in [1.29, 1.82) is 0 Å². The minimum absolute atomic E-state index is 0.275. The summed E-state index contributed by atoms with van der Waals surface area (Å²) in [6.45, 7) is 0.275. The van der Waals surface area contributed by atoms with E-state index in [1.54, 1.807) is 12.3 Å². The quantitative estimate of drug-likeness (QED) is 0.234. The van der Waals surface area contributed by atoms with Gasteiger partial charge in [-0.05, 0) is 6.07 Å². The van der Waals surface area contributed by atoms with E-state index < -0.39 is 5.25 Å². The number of hydrogen-bond acceptors (Lipinski definition) is 6. The number of carbonyl (C=O) groups is 1. The second-order valence-corrected chi connectivity index (χ2v) is 3.84. The molecule has 0 saturated heterocycles. The number of hydrogen-bond donors (Lipinski definition) is 2. The van der Waals surface area contributed by atoms with Gasteiger partial charge in [-0.3, -0.25) is 10.2 Å². The minimum Gasteiger partial charge on any atom is -0.383 e. The van der Waals surface area contributed by atoms with Gasteiger partial charge < -0.3 is 4.74 Å². The standard InChI is InChI=1S/C8H12N4O2S/c1-14-4-6(8(13)12-9)15-7-2-3-10-5-11-7/h2-3,5-6H,4,9H2,1H3,(H,12,13). The summed E-state index contributed by atoms with van der Waals surface area (Å²) in [5.41, 5.74) is 2.09. The summed E-state index contributed by atoms with van der Waals surface area (Å²) < 4.78 is 4.92. The summed E-state index contributed by atoms with van der Waals surface area (Å²) in [5, 5.41) is 0.297. The number of nitrogens with two attached hydrogens (primary N) is 1. The van der Waals surface area contributed by atoms with Crippen molar-refractivity contribution in [2.24, 2.45) is 5.84 Å².